The maximum absolute atomic E-state index is 13.4. The summed E-state index contributed by atoms with van der Waals surface area (Å²) >= 11 is 6.10. The molecule has 4 rings (SSSR count). The summed E-state index contributed by atoms with van der Waals surface area (Å²) in [7, 11) is 1.52. The second-order valence-electron chi connectivity index (χ2n) is 7.69. The van der Waals surface area contributed by atoms with E-state index in [-0.39, 0.29) is 45.8 Å². The van der Waals surface area contributed by atoms with Crippen LogP contribution in [-0.4, -0.2) is 30.7 Å². The Bertz CT molecular complexity index is 1490. The Kier molecular flexibility index (Phi) is 5.60. The van der Waals surface area contributed by atoms with Crippen molar-refractivity contribution >= 4 is 34.2 Å². The average Bonchev–Trinajstić information content (AvgIpc) is 3.09. The SMILES string of the molecule is CCC(C)NC(=O)c1ccc2c(=O)n(C)c3nn(Cc4ccc(F)cc4Cl)c(=O)n3c2c1. The third kappa shape index (κ3) is 3.69. The highest BCUT2D eigenvalue weighted by Crippen LogP contribution is 2.18. The van der Waals surface area contributed by atoms with Crippen molar-refractivity contribution in [2.24, 2.45) is 7.05 Å². The summed E-state index contributed by atoms with van der Waals surface area (Å²) in [5.41, 5.74) is 0.246. The number of hydrogen-bond donors (Lipinski definition) is 1. The number of nitrogens with one attached hydrogen (secondary N) is 1. The molecule has 1 atom stereocenters. The van der Waals surface area contributed by atoms with Crippen LogP contribution in [0.4, 0.5) is 4.39 Å². The molecule has 1 unspecified atom stereocenters. The first-order valence-corrected chi connectivity index (χ1v) is 10.5. The number of rotatable bonds is 5. The van der Waals surface area contributed by atoms with E-state index in [0.717, 1.165) is 17.2 Å². The lowest BCUT2D eigenvalue weighted by Crippen LogP contribution is -2.32. The fourth-order valence-electron chi connectivity index (χ4n) is 3.46. The minimum atomic E-state index is -0.513. The van der Waals surface area contributed by atoms with E-state index in [1.165, 1.54) is 40.3 Å². The zero-order valence-electron chi connectivity index (χ0n) is 17.7. The number of carbonyl (C=O) groups is 1. The number of benzene rings is 2. The molecule has 0 bridgehead atoms. The van der Waals surface area contributed by atoms with Gasteiger partial charge in [-0.05, 0) is 49.2 Å². The molecule has 2 aromatic heterocycles. The van der Waals surface area contributed by atoms with Crippen LogP contribution >= 0.6 is 11.6 Å². The number of nitrogens with zero attached hydrogens (tertiary/aromatic N) is 4. The maximum Gasteiger partial charge on any atom is 0.352 e. The zero-order chi connectivity index (χ0) is 23.2. The van der Waals surface area contributed by atoms with Gasteiger partial charge in [-0.25, -0.2) is 18.3 Å². The molecule has 32 heavy (non-hydrogen) atoms. The molecule has 1 amide bonds. The summed E-state index contributed by atoms with van der Waals surface area (Å²) in [5, 5.41) is 7.61. The van der Waals surface area contributed by atoms with Gasteiger partial charge in [-0.3, -0.25) is 14.2 Å². The highest BCUT2D eigenvalue weighted by Gasteiger charge is 2.18. The van der Waals surface area contributed by atoms with Crippen molar-refractivity contribution in [2.75, 3.05) is 0 Å². The molecule has 4 aromatic rings. The molecule has 0 aliphatic carbocycles. The minimum absolute atomic E-state index is 0.0104. The van der Waals surface area contributed by atoms with Crippen molar-refractivity contribution in [3.05, 3.63) is 79.2 Å². The number of amides is 1. The van der Waals surface area contributed by atoms with Gasteiger partial charge in [0.15, 0.2) is 0 Å². The Morgan fingerprint density at radius 1 is 1.22 bits per heavy atom. The number of fused-ring (bicyclic) bond motifs is 3. The fourth-order valence-corrected chi connectivity index (χ4v) is 3.68. The van der Waals surface area contributed by atoms with Gasteiger partial charge in [-0.1, -0.05) is 24.6 Å². The minimum Gasteiger partial charge on any atom is -0.350 e. The molecular formula is C22H21ClFN5O3. The average molecular weight is 458 g/mol. The Morgan fingerprint density at radius 2 is 1.97 bits per heavy atom. The molecule has 2 aromatic carbocycles. The van der Waals surface area contributed by atoms with Crippen LogP contribution in [0.1, 0.15) is 36.2 Å². The van der Waals surface area contributed by atoms with Crippen LogP contribution in [0.2, 0.25) is 5.02 Å². The number of aryl methyl sites for hydroxylation is 1. The van der Waals surface area contributed by atoms with Gasteiger partial charge in [-0.2, -0.15) is 0 Å². The van der Waals surface area contributed by atoms with Crippen LogP contribution < -0.4 is 16.6 Å². The van der Waals surface area contributed by atoms with Crippen molar-refractivity contribution in [2.45, 2.75) is 32.9 Å². The molecule has 8 nitrogen and oxygen atoms in total. The predicted octanol–water partition coefficient (Wildman–Crippen LogP) is 2.72. The molecule has 0 radical (unpaired) electrons. The third-order valence-electron chi connectivity index (χ3n) is 5.48. The van der Waals surface area contributed by atoms with Gasteiger partial charge in [0.1, 0.15) is 5.82 Å². The van der Waals surface area contributed by atoms with Crippen LogP contribution in [0.25, 0.3) is 16.7 Å². The summed E-state index contributed by atoms with van der Waals surface area (Å²) in [6, 6.07) is 8.46. The van der Waals surface area contributed by atoms with Gasteiger partial charge < -0.3 is 5.32 Å². The van der Waals surface area contributed by atoms with E-state index in [4.69, 9.17) is 11.6 Å². The van der Waals surface area contributed by atoms with E-state index in [9.17, 15) is 18.8 Å². The van der Waals surface area contributed by atoms with Crippen molar-refractivity contribution in [3.63, 3.8) is 0 Å². The molecule has 2 heterocycles. The van der Waals surface area contributed by atoms with Gasteiger partial charge in [0.25, 0.3) is 11.5 Å². The molecule has 0 aliphatic rings. The van der Waals surface area contributed by atoms with Crippen molar-refractivity contribution in [1.29, 1.82) is 0 Å². The summed E-state index contributed by atoms with van der Waals surface area (Å²) in [6.45, 7) is 3.84. The molecule has 10 heteroatoms. The van der Waals surface area contributed by atoms with E-state index >= 15 is 0 Å². The van der Waals surface area contributed by atoms with Gasteiger partial charge in [0, 0.05) is 23.7 Å². The number of hydrogen-bond acceptors (Lipinski definition) is 4. The summed E-state index contributed by atoms with van der Waals surface area (Å²) in [6.07, 6.45) is 0.766. The molecule has 0 spiro atoms. The second-order valence-corrected chi connectivity index (χ2v) is 8.10. The standard InChI is InChI=1S/C22H21ClFN5O3/c1-4-12(2)25-19(30)13-6-8-16-18(9-13)29-21(27(3)20(16)31)26-28(22(29)32)11-14-5-7-15(24)10-17(14)23/h5-10,12H,4,11H2,1-3H3,(H,25,30). The van der Waals surface area contributed by atoms with E-state index in [2.05, 4.69) is 10.4 Å². The lowest BCUT2D eigenvalue weighted by atomic mass is 10.1. The summed E-state index contributed by atoms with van der Waals surface area (Å²) in [5.74, 6) is -0.670. The largest absolute Gasteiger partial charge is 0.352 e. The van der Waals surface area contributed by atoms with Gasteiger partial charge in [-0.15, -0.1) is 5.10 Å². The maximum atomic E-state index is 13.4. The first kappa shape index (κ1) is 21.8. The molecule has 0 saturated carbocycles. The van der Waals surface area contributed by atoms with Crippen molar-refractivity contribution in [1.82, 2.24) is 24.1 Å². The van der Waals surface area contributed by atoms with Gasteiger partial charge >= 0.3 is 5.69 Å². The first-order valence-electron chi connectivity index (χ1n) is 10.1. The quantitative estimate of drug-likeness (QED) is 0.499. The molecule has 0 aliphatic heterocycles. The van der Waals surface area contributed by atoms with Gasteiger partial charge in [0.2, 0.25) is 5.78 Å². The van der Waals surface area contributed by atoms with Crippen LogP contribution in [0.5, 0.6) is 0 Å². The van der Waals surface area contributed by atoms with E-state index in [1.54, 1.807) is 6.07 Å². The monoisotopic (exact) mass is 457 g/mol. The Labute approximate surface area is 186 Å². The van der Waals surface area contributed by atoms with Crippen LogP contribution in [0.3, 0.4) is 0 Å². The zero-order valence-corrected chi connectivity index (χ0v) is 18.5. The van der Waals surface area contributed by atoms with Crippen LogP contribution in [0.15, 0.2) is 46.0 Å². The van der Waals surface area contributed by atoms with Crippen LogP contribution in [0, 0.1) is 5.82 Å². The normalized spacial score (nSPS) is 12.4. The topological polar surface area (TPSA) is 90.4 Å². The first-order chi connectivity index (χ1) is 15.2. The Hall–Kier alpha value is -3.46. The summed E-state index contributed by atoms with van der Waals surface area (Å²) in [4.78, 5) is 38.7. The number of halogens is 2. The van der Waals surface area contributed by atoms with E-state index in [0.29, 0.717) is 11.1 Å². The third-order valence-corrected chi connectivity index (χ3v) is 5.84. The highest BCUT2D eigenvalue weighted by molar-refractivity contribution is 6.31. The van der Waals surface area contributed by atoms with Crippen molar-refractivity contribution in [3.8, 4) is 0 Å². The highest BCUT2D eigenvalue weighted by atomic mass is 35.5. The molecule has 166 valence electrons. The van der Waals surface area contributed by atoms with E-state index in [1.807, 2.05) is 13.8 Å². The predicted molar refractivity (Wildman–Crippen MR) is 120 cm³/mol. The van der Waals surface area contributed by atoms with Crippen LogP contribution in [-0.2, 0) is 13.6 Å². The Balaban J connectivity index is 1.91. The second kappa shape index (κ2) is 8.23. The van der Waals surface area contributed by atoms with Crippen molar-refractivity contribution < 1.29 is 9.18 Å². The number of aromatic nitrogens is 4. The molecular weight excluding hydrogens is 437 g/mol. The summed E-state index contributed by atoms with van der Waals surface area (Å²) < 4.78 is 17.1. The number of carbonyl (C=O) groups excluding carboxylic acids is 1. The Morgan fingerprint density at radius 3 is 2.66 bits per heavy atom. The lowest BCUT2D eigenvalue weighted by Gasteiger charge is -2.12. The fraction of sp³-hybridized carbons (Fsp3) is 0.273. The molecule has 0 fully saturated rings. The molecule has 0 saturated heterocycles. The van der Waals surface area contributed by atoms with E-state index < -0.39 is 11.5 Å². The smallest absolute Gasteiger partial charge is 0.350 e. The molecule has 1 N–H and O–H groups in total. The lowest BCUT2D eigenvalue weighted by molar-refractivity contribution is 0.0939. The van der Waals surface area contributed by atoms with Gasteiger partial charge in [0.05, 0.1) is 17.4 Å².